The van der Waals surface area contributed by atoms with Gasteiger partial charge in [-0.2, -0.15) is 0 Å². The second kappa shape index (κ2) is 6.59. The van der Waals surface area contributed by atoms with Crippen molar-refractivity contribution in [1.29, 1.82) is 0 Å². The van der Waals surface area contributed by atoms with Crippen LogP contribution in [0.4, 0.5) is 0 Å². The first-order valence-corrected chi connectivity index (χ1v) is 7.68. The first-order valence-electron chi connectivity index (χ1n) is 7.68. The molecule has 20 heavy (non-hydrogen) atoms. The molecule has 1 aliphatic carbocycles. The number of aliphatic hydroxyl groups excluding tert-OH is 1. The Hall–Kier alpha value is -1.06. The number of nitrogens with one attached hydrogen (secondary N) is 1. The summed E-state index contributed by atoms with van der Waals surface area (Å²) in [6.07, 6.45) is 3.44. The number of aliphatic hydroxyl groups is 1. The molecular weight excluding hydrogens is 250 g/mol. The van der Waals surface area contributed by atoms with Crippen LogP contribution in [-0.4, -0.2) is 30.4 Å². The summed E-state index contributed by atoms with van der Waals surface area (Å²) in [4.78, 5) is 0. The first-order chi connectivity index (χ1) is 9.63. The lowest BCUT2D eigenvalue weighted by Crippen LogP contribution is -2.55. The molecule has 1 atom stereocenters. The van der Waals surface area contributed by atoms with Gasteiger partial charge in [-0.05, 0) is 62.8 Å². The Balaban J connectivity index is 2.06. The van der Waals surface area contributed by atoms with Crippen molar-refractivity contribution in [2.24, 2.45) is 5.92 Å². The van der Waals surface area contributed by atoms with Crippen molar-refractivity contribution in [3.05, 3.63) is 29.3 Å². The van der Waals surface area contributed by atoms with Crippen LogP contribution >= 0.6 is 0 Å². The molecule has 0 spiro atoms. The zero-order valence-corrected chi connectivity index (χ0v) is 12.9. The monoisotopic (exact) mass is 277 g/mol. The molecule has 1 saturated carbocycles. The van der Waals surface area contributed by atoms with Gasteiger partial charge in [-0.1, -0.05) is 19.1 Å². The van der Waals surface area contributed by atoms with E-state index in [-0.39, 0.29) is 12.1 Å². The maximum absolute atomic E-state index is 9.87. The molecule has 0 bridgehead atoms. The van der Waals surface area contributed by atoms with Crippen molar-refractivity contribution in [2.75, 3.05) is 19.8 Å². The van der Waals surface area contributed by atoms with E-state index in [1.54, 1.807) is 0 Å². The third kappa shape index (κ3) is 3.33. The van der Waals surface area contributed by atoms with Crippen LogP contribution in [0, 0.1) is 19.8 Å². The van der Waals surface area contributed by atoms with Crippen LogP contribution in [0.2, 0.25) is 0 Å². The second-order valence-corrected chi connectivity index (χ2v) is 6.00. The second-order valence-electron chi connectivity index (χ2n) is 6.00. The van der Waals surface area contributed by atoms with Crippen LogP contribution in [0.15, 0.2) is 18.2 Å². The minimum absolute atomic E-state index is 0.141. The lowest BCUT2D eigenvalue weighted by Gasteiger charge is -2.33. The van der Waals surface area contributed by atoms with Gasteiger partial charge < -0.3 is 15.2 Å². The number of hydrogen-bond acceptors (Lipinski definition) is 3. The quantitative estimate of drug-likeness (QED) is 0.768. The summed E-state index contributed by atoms with van der Waals surface area (Å²) >= 11 is 0. The van der Waals surface area contributed by atoms with E-state index >= 15 is 0 Å². The fourth-order valence-electron chi connectivity index (χ4n) is 2.64. The average Bonchev–Trinajstić information content (AvgIpc) is 3.29. The minimum atomic E-state index is -0.272. The van der Waals surface area contributed by atoms with Gasteiger partial charge in [0.15, 0.2) is 0 Å². The molecule has 0 aromatic heterocycles. The van der Waals surface area contributed by atoms with Gasteiger partial charge in [0.05, 0.1) is 12.1 Å². The maximum Gasteiger partial charge on any atom is 0.122 e. The smallest absolute Gasteiger partial charge is 0.122 e. The van der Waals surface area contributed by atoms with Gasteiger partial charge in [-0.25, -0.2) is 0 Å². The Bertz CT molecular complexity index is 443. The lowest BCUT2D eigenvalue weighted by atomic mass is 9.95. The number of aryl methyl sites for hydroxylation is 1. The first kappa shape index (κ1) is 15.3. The predicted octanol–water partition coefficient (Wildman–Crippen LogP) is 2.82. The largest absolute Gasteiger partial charge is 0.491 e. The number of benzene rings is 1. The maximum atomic E-state index is 9.87. The Morgan fingerprint density at radius 2 is 2.10 bits per heavy atom. The molecule has 0 amide bonds. The summed E-state index contributed by atoms with van der Waals surface area (Å²) in [5.74, 6) is 1.48. The predicted molar refractivity (Wildman–Crippen MR) is 82.2 cm³/mol. The van der Waals surface area contributed by atoms with E-state index in [1.807, 2.05) is 12.1 Å². The van der Waals surface area contributed by atoms with Gasteiger partial charge in [0, 0.05) is 0 Å². The van der Waals surface area contributed by atoms with Gasteiger partial charge in [0.2, 0.25) is 0 Å². The summed E-state index contributed by atoms with van der Waals surface area (Å²) in [5.41, 5.74) is 2.15. The summed E-state index contributed by atoms with van der Waals surface area (Å²) in [6.45, 7) is 7.93. The highest BCUT2D eigenvalue weighted by Crippen LogP contribution is 2.40. The molecule has 1 fully saturated rings. The molecule has 2 rings (SSSR count). The molecule has 2 N–H and O–H groups in total. The van der Waals surface area contributed by atoms with Gasteiger partial charge in [-0.15, -0.1) is 0 Å². The molecule has 0 heterocycles. The van der Waals surface area contributed by atoms with Crippen LogP contribution < -0.4 is 10.1 Å². The molecule has 1 aliphatic rings. The Labute approximate surface area is 122 Å². The minimum Gasteiger partial charge on any atom is -0.491 e. The summed E-state index contributed by atoms with van der Waals surface area (Å²) in [6, 6.07) is 6.13. The van der Waals surface area contributed by atoms with Crippen molar-refractivity contribution in [3.63, 3.8) is 0 Å². The lowest BCUT2D eigenvalue weighted by molar-refractivity contribution is 0.0847. The van der Waals surface area contributed by atoms with E-state index in [0.29, 0.717) is 12.5 Å². The van der Waals surface area contributed by atoms with Gasteiger partial charge in [-0.3, -0.25) is 0 Å². The summed E-state index contributed by atoms with van der Waals surface area (Å²) < 4.78 is 6.05. The van der Waals surface area contributed by atoms with E-state index in [4.69, 9.17) is 4.74 Å². The molecule has 1 aromatic carbocycles. The molecular formula is C17H27NO2. The number of rotatable bonds is 8. The van der Waals surface area contributed by atoms with Crippen molar-refractivity contribution in [2.45, 2.75) is 45.6 Å². The summed E-state index contributed by atoms with van der Waals surface area (Å²) in [5, 5.41) is 13.4. The van der Waals surface area contributed by atoms with Crippen molar-refractivity contribution >= 4 is 0 Å². The van der Waals surface area contributed by atoms with Crippen LogP contribution in [0.25, 0.3) is 0 Å². The SMILES string of the molecule is CCCNC(CO)(COc1cccc(C)c1C)C1CC1. The number of ether oxygens (including phenoxy) is 1. The van der Waals surface area contributed by atoms with Crippen molar-refractivity contribution in [1.82, 2.24) is 5.32 Å². The molecule has 3 nitrogen and oxygen atoms in total. The molecule has 0 aliphatic heterocycles. The highest BCUT2D eigenvalue weighted by molar-refractivity contribution is 5.38. The third-order valence-electron chi connectivity index (χ3n) is 4.41. The molecule has 112 valence electrons. The standard InChI is InChI=1S/C17H27NO2/c1-4-10-18-17(11-19,15-8-9-15)12-20-16-7-5-6-13(2)14(16)3/h5-7,15,18-19H,4,8-12H2,1-3H3. The van der Waals surface area contributed by atoms with E-state index < -0.39 is 0 Å². The van der Waals surface area contributed by atoms with Crippen LogP contribution in [0.5, 0.6) is 5.75 Å². The number of hydrogen-bond donors (Lipinski definition) is 2. The van der Waals surface area contributed by atoms with Gasteiger partial charge in [0.1, 0.15) is 12.4 Å². The van der Waals surface area contributed by atoms with E-state index in [9.17, 15) is 5.11 Å². The van der Waals surface area contributed by atoms with Crippen LogP contribution in [0.3, 0.4) is 0 Å². The van der Waals surface area contributed by atoms with E-state index in [0.717, 1.165) is 18.7 Å². The van der Waals surface area contributed by atoms with Crippen LogP contribution in [-0.2, 0) is 0 Å². The van der Waals surface area contributed by atoms with Crippen LogP contribution in [0.1, 0.15) is 37.3 Å². The zero-order valence-electron chi connectivity index (χ0n) is 12.9. The molecule has 0 saturated heterocycles. The topological polar surface area (TPSA) is 41.5 Å². The Morgan fingerprint density at radius 3 is 2.70 bits per heavy atom. The van der Waals surface area contributed by atoms with E-state index in [1.165, 1.54) is 24.0 Å². The van der Waals surface area contributed by atoms with E-state index in [2.05, 4.69) is 32.2 Å². The molecule has 1 aromatic rings. The molecule has 0 radical (unpaired) electrons. The van der Waals surface area contributed by atoms with Crippen molar-refractivity contribution in [3.8, 4) is 5.75 Å². The summed E-state index contributed by atoms with van der Waals surface area (Å²) in [7, 11) is 0. The molecule has 3 heteroatoms. The Morgan fingerprint density at radius 1 is 1.35 bits per heavy atom. The third-order valence-corrected chi connectivity index (χ3v) is 4.41. The highest BCUT2D eigenvalue weighted by atomic mass is 16.5. The van der Waals surface area contributed by atoms with Crippen molar-refractivity contribution < 1.29 is 9.84 Å². The average molecular weight is 277 g/mol. The fourth-order valence-corrected chi connectivity index (χ4v) is 2.64. The molecule has 1 unspecified atom stereocenters. The highest BCUT2D eigenvalue weighted by Gasteiger charge is 2.45. The normalized spacial score (nSPS) is 17.8. The van der Waals surface area contributed by atoms with Gasteiger partial charge in [0.25, 0.3) is 0 Å². The fraction of sp³-hybridized carbons (Fsp3) is 0.647. The Kier molecular flexibility index (Phi) is 5.06. The van der Waals surface area contributed by atoms with Gasteiger partial charge >= 0.3 is 0 Å². The zero-order chi connectivity index (χ0) is 14.6.